The summed E-state index contributed by atoms with van der Waals surface area (Å²) in [7, 11) is -0.129. The molecule has 6 rings (SSSR count). The van der Waals surface area contributed by atoms with Gasteiger partial charge in [0.1, 0.15) is 5.58 Å². The van der Waals surface area contributed by atoms with Crippen molar-refractivity contribution in [2.45, 2.75) is 51.1 Å². The molecule has 1 aromatic heterocycles. The smallest absolute Gasteiger partial charge is 0.462 e. The molecular weight excluding hydrogens is 275 g/mol. The molecule has 0 unspecified atom stereocenters. The molecule has 0 spiro atoms. The van der Waals surface area contributed by atoms with Gasteiger partial charge in [-0.3, -0.25) is 0 Å². The van der Waals surface area contributed by atoms with Gasteiger partial charge < -0.3 is 13.7 Å². The highest BCUT2D eigenvalue weighted by atomic mass is 16.7. The zero-order valence-electron chi connectivity index (χ0n) is 13.2. The summed E-state index contributed by atoms with van der Waals surface area (Å²) in [5, 5.41) is 1.19. The van der Waals surface area contributed by atoms with E-state index in [2.05, 4.69) is 32.0 Å². The van der Waals surface area contributed by atoms with Crippen LogP contribution in [0.4, 0.5) is 0 Å². The van der Waals surface area contributed by atoms with Gasteiger partial charge in [-0.1, -0.05) is 18.2 Å². The number of rotatable bonds is 2. The standard InChI is InChI=1S/C18H21BO3/c1-11-4-3-5-15-13(10-20-17(11)15)9-19-21-16-8-12-6-14(7-12)18(16,2)22-19/h3-5,10,12,14,16H,6-9H2,1-2H3/t12-,14+,16-,18+/m1/s1. The first kappa shape index (κ1) is 13.2. The molecule has 1 aromatic carbocycles. The van der Waals surface area contributed by atoms with E-state index in [1.807, 2.05) is 6.26 Å². The summed E-state index contributed by atoms with van der Waals surface area (Å²) in [5.74, 6) is 1.58. The van der Waals surface area contributed by atoms with E-state index in [-0.39, 0.29) is 18.8 Å². The Morgan fingerprint density at radius 1 is 1.27 bits per heavy atom. The molecule has 2 heterocycles. The highest BCUT2D eigenvalue weighted by molar-refractivity contribution is 6.45. The van der Waals surface area contributed by atoms with Gasteiger partial charge in [0.25, 0.3) is 0 Å². The third-order valence-corrected chi connectivity index (χ3v) is 6.20. The van der Waals surface area contributed by atoms with Crippen LogP contribution < -0.4 is 0 Å². The normalized spacial score (nSPS) is 36.5. The lowest BCUT2D eigenvalue weighted by Gasteiger charge is -2.53. The van der Waals surface area contributed by atoms with Crippen molar-refractivity contribution in [3.63, 3.8) is 0 Å². The summed E-state index contributed by atoms with van der Waals surface area (Å²) in [6.45, 7) is 4.34. The number of aryl methyl sites for hydroxylation is 1. The number of benzene rings is 1. The second-order valence-electron chi connectivity index (χ2n) is 7.54. The zero-order valence-corrected chi connectivity index (χ0v) is 13.2. The molecule has 2 bridgehead atoms. The molecule has 22 heavy (non-hydrogen) atoms. The lowest BCUT2D eigenvalue weighted by atomic mass is 9.57. The van der Waals surface area contributed by atoms with Crippen LogP contribution in [0.5, 0.6) is 0 Å². The van der Waals surface area contributed by atoms with Crippen LogP contribution in [-0.4, -0.2) is 18.8 Å². The van der Waals surface area contributed by atoms with Crippen molar-refractivity contribution >= 4 is 18.1 Å². The highest BCUT2D eigenvalue weighted by Crippen LogP contribution is 2.56. The predicted octanol–water partition coefficient (Wildman–Crippen LogP) is 3.92. The Morgan fingerprint density at radius 2 is 2.14 bits per heavy atom. The first-order valence-electron chi connectivity index (χ1n) is 8.42. The van der Waals surface area contributed by atoms with Crippen molar-refractivity contribution in [2.24, 2.45) is 11.8 Å². The molecular formula is C18H21BO3. The minimum Gasteiger partial charge on any atom is -0.464 e. The van der Waals surface area contributed by atoms with Crippen molar-refractivity contribution in [1.82, 2.24) is 0 Å². The van der Waals surface area contributed by atoms with Crippen molar-refractivity contribution in [2.75, 3.05) is 0 Å². The molecule has 4 aliphatic rings. The first-order chi connectivity index (χ1) is 10.6. The van der Waals surface area contributed by atoms with Crippen molar-refractivity contribution in [3.05, 3.63) is 35.6 Å². The van der Waals surface area contributed by atoms with Crippen molar-refractivity contribution in [3.8, 4) is 0 Å². The molecule has 1 saturated heterocycles. The molecule has 2 aromatic rings. The van der Waals surface area contributed by atoms with Crippen LogP contribution in [0.1, 0.15) is 37.3 Å². The average Bonchev–Trinajstić information content (AvgIpc) is 2.99. The fourth-order valence-electron chi connectivity index (χ4n) is 4.74. The van der Waals surface area contributed by atoms with Crippen LogP contribution in [0.25, 0.3) is 11.0 Å². The van der Waals surface area contributed by atoms with E-state index in [4.69, 9.17) is 13.7 Å². The van der Waals surface area contributed by atoms with Crippen LogP contribution in [0, 0.1) is 18.8 Å². The number of hydrogen-bond acceptors (Lipinski definition) is 3. The Bertz CT molecular complexity index is 733. The lowest BCUT2D eigenvalue weighted by molar-refractivity contribution is -0.114. The molecule has 0 amide bonds. The van der Waals surface area contributed by atoms with E-state index < -0.39 is 0 Å². The van der Waals surface area contributed by atoms with E-state index in [0.29, 0.717) is 5.92 Å². The van der Waals surface area contributed by atoms with Gasteiger partial charge in [0, 0.05) is 11.7 Å². The topological polar surface area (TPSA) is 31.6 Å². The summed E-state index contributed by atoms with van der Waals surface area (Å²) in [6.07, 6.45) is 6.77. The van der Waals surface area contributed by atoms with Gasteiger partial charge in [0.2, 0.25) is 0 Å². The van der Waals surface area contributed by atoms with Crippen LogP contribution in [-0.2, 0) is 15.6 Å². The molecule has 4 heteroatoms. The lowest BCUT2D eigenvalue weighted by Crippen LogP contribution is -2.56. The van der Waals surface area contributed by atoms with Gasteiger partial charge in [-0.2, -0.15) is 0 Å². The van der Waals surface area contributed by atoms with Crippen molar-refractivity contribution in [1.29, 1.82) is 0 Å². The summed E-state index contributed by atoms with van der Waals surface area (Å²) in [5.41, 5.74) is 3.30. The number of fused-ring (bicyclic) bond motifs is 1. The van der Waals surface area contributed by atoms with Gasteiger partial charge in [-0.15, -0.1) is 0 Å². The molecule has 4 fully saturated rings. The molecule has 3 nitrogen and oxygen atoms in total. The minimum atomic E-state index is -0.129. The summed E-state index contributed by atoms with van der Waals surface area (Å²) in [6, 6.07) is 6.30. The second-order valence-corrected chi connectivity index (χ2v) is 7.54. The molecule has 3 saturated carbocycles. The Balaban J connectivity index is 1.41. The third kappa shape index (κ3) is 1.71. The molecule has 2 atom stereocenters. The Morgan fingerprint density at radius 3 is 2.95 bits per heavy atom. The van der Waals surface area contributed by atoms with Gasteiger partial charge >= 0.3 is 7.12 Å². The Hall–Kier alpha value is -1.26. The van der Waals surface area contributed by atoms with E-state index in [0.717, 1.165) is 17.8 Å². The maximum Gasteiger partial charge on any atom is 0.462 e. The van der Waals surface area contributed by atoms with Crippen LogP contribution in [0.2, 0.25) is 0 Å². The largest absolute Gasteiger partial charge is 0.464 e. The summed E-state index contributed by atoms with van der Waals surface area (Å²) >= 11 is 0. The van der Waals surface area contributed by atoms with Gasteiger partial charge in [0.15, 0.2) is 0 Å². The maximum absolute atomic E-state index is 6.39. The van der Waals surface area contributed by atoms with Crippen LogP contribution in [0.3, 0.4) is 0 Å². The minimum absolute atomic E-state index is 0.0606. The average molecular weight is 296 g/mol. The fraction of sp³-hybridized carbons (Fsp3) is 0.556. The first-order valence-corrected chi connectivity index (χ1v) is 8.42. The highest BCUT2D eigenvalue weighted by Gasteiger charge is 2.60. The molecule has 114 valence electrons. The van der Waals surface area contributed by atoms with Crippen LogP contribution in [0.15, 0.2) is 28.9 Å². The Kier molecular flexibility index (Phi) is 2.64. The van der Waals surface area contributed by atoms with Crippen molar-refractivity contribution < 1.29 is 13.7 Å². The molecule has 3 aliphatic carbocycles. The number of hydrogen-bond donors (Lipinski definition) is 0. The van der Waals surface area contributed by atoms with Gasteiger partial charge in [-0.05, 0) is 56.1 Å². The third-order valence-electron chi connectivity index (χ3n) is 6.20. The maximum atomic E-state index is 6.39. The quantitative estimate of drug-likeness (QED) is 0.787. The molecule has 1 aliphatic heterocycles. The van der Waals surface area contributed by atoms with E-state index >= 15 is 0 Å². The monoisotopic (exact) mass is 296 g/mol. The predicted molar refractivity (Wildman–Crippen MR) is 85.6 cm³/mol. The fourth-order valence-corrected chi connectivity index (χ4v) is 4.74. The summed E-state index contributed by atoms with van der Waals surface area (Å²) < 4.78 is 18.4. The second kappa shape index (κ2) is 4.39. The van der Waals surface area contributed by atoms with Gasteiger partial charge in [-0.25, -0.2) is 0 Å². The SMILES string of the molecule is Cc1cccc2c(CB3O[C@@H]4C[C@H]5C[C@H](C5)[C@]4(C)O3)coc12. The van der Waals surface area contributed by atoms with E-state index in [1.54, 1.807) is 0 Å². The van der Waals surface area contributed by atoms with Crippen LogP contribution >= 0.6 is 0 Å². The summed E-state index contributed by atoms with van der Waals surface area (Å²) in [4.78, 5) is 0. The zero-order chi connectivity index (χ0) is 14.9. The number of furan rings is 1. The van der Waals surface area contributed by atoms with E-state index in [9.17, 15) is 0 Å². The van der Waals surface area contributed by atoms with E-state index in [1.165, 1.54) is 35.8 Å². The molecule has 0 radical (unpaired) electrons. The number of para-hydroxylation sites is 1. The van der Waals surface area contributed by atoms with Gasteiger partial charge in [0.05, 0.1) is 18.0 Å². The Labute approximate surface area is 131 Å². The molecule has 0 N–H and O–H groups in total.